The zero-order chi connectivity index (χ0) is 19.8. The number of halogens is 1. The maximum atomic E-state index is 13.8. The summed E-state index contributed by atoms with van der Waals surface area (Å²) < 4.78 is 13.8. The van der Waals surface area contributed by atoms with E-state index in [0.717, 1.165) is 30.3 Å². The Morgan fingerprint density at radius 2 is 1.50 bits per heavy atom. The molecule has 0 aliphatic carbocycles. The van der Waals surface area contributed by atoms with Crippen molar-refractivity contribution < 1.29 is 4.39 Å². The van der Waals surface area contributed by atoms with Crippen LogP contribution in [-0.4, -0.2) is 48.6 Å². The van der Waals surface area contributed by atoms with Crippen molar-refractivity contribution in [3.05, 3.63) is 72.0 Å². The maximum absolute atomic E-state index is 13.8. The molecule has 28 heavy (non-hydrogen) atoms. The monoisotopic (exact) mass is 379 g/mol. The largest absolute Gasteiger partial charge is 0.370 e. The molecule has 2 N–H and O–H groups in total. The molecule has 0 saturated heterocycles. The lowest BCUT2D eigenvalue weighted by Crippen LogP contribution is -2.21. The number of anilines is 2. The minimum atomic E-state index is -0.178. The Morgan fingerprint density at radius 3 is 2.18 bits per heavy atom. The van der Waals surface area contributed by atoms with Crippen LogP contribution in [0.25, 0.3) is 11.4 Å². The SMILES string of the molecule is CN(C)CCNc1cc(NCCc2ccccc2F)nc(-c2ccccc2)n1. The number of nitrogens with zero attached hydrogens (tertiary/aromatic N) is 3. The predicted octanol–water partition coefficient (Wildman–Crippen LogP) is 3.91. The molecule has 0 bridgehead atoms. The Hall–Kier alpha value is -2.99. The van der Waals surface area contributed by atoms with Crippen LogP contribution in [0.5, 0.6) is 0 Å². The van der Waals surface area contributed by atoms with E-state index in [1.54, 1.807) is 12.1 Å². The third kappa shape index (κ3) is 5.76. The van der Waals surface area contributed by atoms with Crippen molar-refractivity contribution in [2.24, 2.45) is 0 Å². The molecule has 0 spiro atoms. The molecule has 3 aromatic rings. The Bertz CT molecular complexity index is 883. The van der Waals surface area contributed by atoms with Gasteiger partial charge in [0.25, 0.3) is 0 Å². The fraction of sp³-hybridized carbons (Fsp3) is 0.273. The topological polar surface area (TPSA) is 53.1 Å². The summed E-state index contributed by atoms with van der Waals surface area (Å²) in [5, 5.41) is 6.65. The van der Waals surface area contributed by atoms with E-state index in [1.165, 1.54) is 6.07 Å². The van der Waals surface area contributed by atoms with E-state index >= 15 is 0 Å². The van der Waals surface area contributed by atoms with E-state index in [4.69, 9.17) is 0 Å². The average molecular weight is 379 g/mol. The molecule has 6 heteroatoms. The Morgan fingerprint density at radius 1 is 0.857 bits per heavy atom. The van der Waals surface area contributed by atoms with E-state index in [-0.39, 0.29) is 5.82 Å². The predicted molar refractivity (Wildman–Crippen MR) is 113 cm³/mol. The number of likely N-dealkylation sites (N-methyl/N-ethyl adjacent to an activating group) is 1. The molecule has 5 nitrogen and oxygen atoms in total. The van der Waals surface area contributed by atoms with E-state index in [2.05, 4.69) is 25.5 Å². The van der Waals surface area contributed by atoms with Crippen molar-refractivity contribution in [2.45, 2.75) is 6.42 Å². The van der Waals surface area contributed by atoms with Crippen molar-refractivity contribution in [2.75, 3.05) is 44.4 Å². The first-order chi connectivity index (χ1) is 13.6. The first kappa shape index (κ1) is 19.8. The molecule has 146 valence electrons. The summed E-state index contributed by atoms with van der Waals surface area (Å²) in [6.45, 7) is 2.27. The Kier molecular flexibility index (Phi) is 6.92. The summed E-state index contributed by atoms with van der Waals surface area (Å²) in [5.74, 6) is 1.97. The van der Waals surface area contributed by atoms with Gasteiger partial charge in [-0.1, -0.05) is 48.5 Å². The van der Waals surface area contributed by atoms with E-state index in [9.17, 15) is 4.39 Å². The van der Waals surface area contributed by atoms with Gasteiger partial charge in [-0.3, -0.25) is 0 Å². The fourth-order valence-corrected chi connectivity index (χ4v) is 2.78. The van der Waals surface area contributed by atoms with Gasteiger partial charge in [0.1, 0.15) is 17.5 Å². The van der Waals surface area contributed by atoms with Gasteiger partial charge >= 0.3 is 0 Å². The van der Waals surface area contributed by atoms with E-state index < -0.39 is 0 Å². The van der Waals surface area contributed by atoms with Gasteiger partial charge in [-0.2, -0.15) is 0 Å². The highest BCUT2D eigenvalue weighted by Crippen LogP contribution is 2.20. The molecule has 0 aliphatic heterocycles. The van der Waals surface area contributed by atoms with Gasteiger partial charge < -0.3 is 15.5 Å². The zero-order valence-electron chi connectivity index (χ0n) is 16.3. The summed E-state index contributed by atoms with van der Waals surface area (Å²) in [6, 6.07) is 18.6. The lowest BCUT2D eigenvalue weighted by Gasteiger charge is -2.13. The summed E-state index contributed by atoms with van der Waals surface area (Å²) in [6.07, 6.45) is 0.584. The molecule has 0 saturated carbocycles. The Labute approximate surface area is 165 Å². The number of benzene rings is 2. The molecule has 0 radical (unpaired) electrons. The molecule has 0 amide bonds. The maximum Gasteiger partial charge on any atom is 0.163 e. The van der Waals surface area contributed by atoms with Crippen LogP contribution < -0.4 is 10.6 Å². The number of aromatic nitrogens is 2. The van der Waals surface area contributed by atoms with Crippen LogP contribution in [0, 0.1) is 5.82 Å². The standard InChI is InChI=1S/C22H26FN5/c1-28(2)15-14-25-21-16-20(24-13-12-17-8-6-7-11-19(17)23)26-22(27-21)18-9-4-3-5-10-18/h3-11,16H,12-15H2,1-2H3,(H2,24,25,26,27). The molecule has 0 aliphatic rings. The smallest absolute Gasteiger partial charge is 0.163 e. The van der Waals surface area contributed by atoms with Crippen LogP contribution in [0.4, 0.5) is 16.0 Å². The second kappa shape index (κ2) is 9.80. The van der Waals surface area contributed by atoms with Crippen molar-refractivity contribution in [1.82, 2.24) is 14.9 Å². The summed E-state index contributed by atoms with van der Waals surface area (Å²) >= 11 is 0. The normalized spacial score (nSPS) is 10.9. The van der Waals surface area contributed by atoms with E-state index in [0.29, 0.717) is 24.4 Å². The van der Waals surface area contributed by atoms with Crippen LogP contribution in [0.3, 0.4) is 0 Å². The highest BCUT2D eigenvalue weighted by molar-refractivity contribution is 5.61. The fourth-order valence-electron chi connectivity index (χ4n) is 2.78. The minimum absolute atomic E-state index is 0.178. The minimum Gasteiger partial charge on any atom is -0.370 e. The van der Waals surface area contributed by atoms with Gasteiger partial charge in [-0.15, -0.1) is 0 Å². The number of hydrogen-bond acceptors (Lipinski definition) is 5. The van der Waals surface area contributed by atoms with Gasteiger partial charge in [0.05, 0.1) is 0 Å². The molecule has 0 unspecified atom stereocenters. The van der Waals surface area contributed by atoms with Crippen LogP contribution in [0.15, 0.2) is 60.7 Å². The van der Waals surface area contributed by atoms with Gasteiger partial charge in [-0.25, -0.2) is 14.4 Å². The van der Waals surface area contributed by atoms with Crippen LogP contribution in [-0.2, 0) is 6.42 Å². The molecular formula is C22H26FN5. The summed E-state index contributed by atoms with van der Waals surface area (Å²) in [5.41, 5.74) is 1.65. The Balaban J connectivity index is 1.73. The molecule has 2 aromatic carbocycles. The van der Waals surface area contributed by atoms with Gasteiger partial charge in [0.15, 0.2) is 5.82 Å². The van der Waals surface area contributed by atoms with Crippen molar-refractivity contribution in [3.63, 3.8) is 0 Å². The second-order valence-electron chi connectivity index (χ2n) is 6.83. The second-order valence-corrected chi connectivity index (χ2v) is 6.83. The van der Waals surface area contributed by atoms with Gasteiger partial charge in [0.2, 0.25) is 0 Å². The lowest BCUT2D eigenvalue weighted by molar-refractivity contribution is 0.425. The highest BCUT2D eigenvalue weighted by Gasteiger charge is 2.08. The lowest BCUT2D eigenvalue weighted by atomic mass is 10.1. The van der Waals surface area contributed by atoms with E-state index in [1.807, 2.05) is 56.6 Å². The number of rotatable bonds is 9. The third-order valence-electron chi connectivity index (χ3n) is 4.28. The van der Waals surface area contributed by atoms with Crippen molar-refractivity contribution >= 4 is 11.6 Å². The first-order valence-electron chi connectivity index (χ1n) is 9.42. The molecule has 1 heterocycles. The molecule has 1 aromatic heterocycles. The van der Waals surface area contributed by atoms with Crippen molar-refractivity contribution in [3.8, 4) is 11.4 Å². The summed E-state index contributed by atoms with van der Waals surface area (Å²) in [4.78, 5) is 11.4. The molecular weight excluding hydrogens is 353 g/mol. The van der Waals surface area contributed by atoms with Crippen LogP contribution >= 0.6 is 0 Å². The van der Waals surface area contributed by atoms with Crippen LogP contribution in [0.1, 0.15) is 5.56 Å². The molecule has 3 rings (SSSR count). The summed E-state index contributed by atoms with van der Waals surface area (Å²) in [7, 11) is 4.07. The van der Waals surface area contributed by atoms with Gasteiger partial charge in [-0.05, 0) is 32.1 Å². The highest BCUT2D eigenvalue weighted by atomic mass is 19.1. The zero-order valence-corrected chi connectivity index (χ0v) is 16.3. The molecule has 0 atom stereocenters. The quantitative estimate of drug-likeness (QED) is 0.590. The average Bonchev–Trinajstić information content (AvgIpc) is 2.70. The third-order valence-corrected chi connectivity index (χ3v) is 4.28. The van der Waals surface area contributed by atoms with Gasteiger partial charge in [0, 0.05) is 31.3 Å². The number of hydrogen-bond donors (Lipinski definition) is 2. The first-order valence-corrected chi connectivity index (χ1v) is 9.42. The van der Waals surface area contributed by atoms with Crippen molar-refractivity contribution in [1.29, 1.82) is 0 Å². The molecule has 0 fully saturated rings. The number of nitrogens with one attached hydrogen (secondary N) is 2. The van der Waals surface area contributed by atoms with Crippen LogP contribution in [0.2, 0.25) is 0 Å².